The normalized spacial score (nSPS) is 11.2. The molecule has 0 unspecified atom stereocenters. The highest BCUT2D eigenvalue weighted by atomic mass is 16.5. The second-order valence-electron chi connectivity index (χ2n) is 11.5. The van der Waals surface area contributed by atoms with Gasteiger partial charge in [-0.1, -0.05) is 6.07 Å². The number of nitrogens with one attached hydrogen (secondary N) is 2. The Morgan fingerprint density at radius 3 is 1.40 bits per heavy atom. The third-order valence-electron chi connectivity index (χ3n) is 8.25. The van der Waals surface area contributed by atoms with Gasteiger partial charge in [-0.05, 0) is 97.1 Å². The highest BCUT2D eigenvalue weighted by Crippen LogP contribution is 2.28. The molecule has 4 aromatic carbocycles. The Morgan fingerprint density at radius 2 is 1.00 bits per heavy atom. The average Bonchev–Trinajstić information content (AvgIpc) is 3.62. The molecule has 0 amide bonds. The Hall–Kier alpha value is -6.49. The van der Waals surface area contributed by atoms with Crippen molar-refractivity contribution in [1.29, 1.82) is 10.8 Å². The molecular formula is C37H33N9O2. The molecule has 0 saturated heterocycles. The molecule has 7 aromatic rings. The van der Waals surface area contributed by atoms with Crippen LogP contribution >= 0.6 is 0 Å². The van der Waals surface area contributed by atoms with Gasteiger partial charge in [-0.25, -0.2) is 9.97 Å². The van der Waals surface area contributed by atoms with Crippen LogP contribution in [0, 0.1) is 10.8 Å². The number of amidine groups is 2. The number of fused-ring (bicyclic) bond motifs is 2. The SMILES string of the molecule is Cn1c(-c2ccc(OCc3cccc(COc4ccc(-c5nc6cc(C(=N)N)ccc6n5C)cc4)n3)cc2)nc2cc(C(=N)N)ccc21. The maximum absolute atomic E-state index is 7.70. The molecule has 0 aliphatic carbocycles. The number of nitrogen functional groups attached to an aromatic ring is 2. The molecule has 0 bridgehead atoms. The topological polar surface area (TPSA) is 167 Å². The quantitative estimate of drug-likeness (QED) is 0.107. The van der Waals surface area contributed by atoms with E-state index in [1.165, 1.54) is 0 Å². The van der Waals surface area contributed by atoms with Crippen molar-refractivity contribution in [3.05, 3.63) is 126 Å². The molecule has 0 spiro atoms. The summed E-state index contributed by atoms with van der Waals surface area (Å²) in [6.07, 6.45) is 0. The standard InChI is InChI=1S/C37H33N9O2/c1-45-32-16-10-24(34(38)39)18-30(32)43-36(45)22-6-12-28(13-7-22)47-20-26-4-3-5-27(42-26)21-48-29-14-8-23(9-15-29)37-44-31-19-25(35(40)41)11-17-33(31)46(37)2/h3-19H,20-21H2,1-2H3,(H3,38,39)(H3,40,41). The van der Waals surface area contributed by atoms with Crippen molar-refractivity contribution in [2.75, 3.05) is 0 Å². The van der Waals surface area contributed by atoms with Crippen LogP contribution in [-0.4, -0.2) is 35.8 Å². The Labute approximate surface area is 276 Å². The Kier molecular flexibility index (Phi) is 7.78. The number of aryl methyl sites for hydroxylation is 2. The summed E-state index contributed by atoms with van der Waals surface area (Å²) in [5.74, 6) is 3.12. The van der Waals surface area contributed by atoms with Crippen LogP contribution in [0.4, 0.5) is 0 Å². The monoisotopic (exact) mass is 635 g/mol. The second-order valence-corrected chi connectivity index (χ2v) is 11.5. The molecule has 48 heavy (non-hydrogen) atoms. The van der Waals surface area contributed by atoms with E-state index in [-0.39, 0.29) is 11.7 Å². The Balaban J connectivity index is 0.968. The number of rotatable bonds is 10. The third kappa shape index (κ3) is 5.92. The number of pyridine rings is 1. The molecule has 11 nitrogen and oxygen atoms in total. The van der Waals surface area contributed by atoms with Crippen LogP contribution in [0.3, 0.4) is 0 Å². The molecule has 7 rings (SSSR count). The number of nitrogens with zero attached hydrogens (tertiary/aromatic N) is 5. The van der Waals surface area contributed by atoms with E-state index < -0.39 is 0 Å². The number of ether oxygens (including phenoxy) is 2. The van der Waals surface area contributed by atoms with Crippen molar-refractivity contribution >= 4 is 33.7 Å². The van der Waals surface area contributed by atoms with Crippen molar-refractivity contribution in [2.24, 2.45) is 25.6 Å². The first-order chi connectivity index (χ1) is 23.2. The zero-order chi connectivity index (χ0) is 33.4. The van der Waals surface area contributed by atoms with Gasteiger partial charge >= 0.3 is 0 Å². The fourth-order valence-electron chi connectivity index (χ4n) is 5.66. The van der Waals surface area contributed by atoms with Crippen molar-refractivity contribution in [3.8, 4) is 34.3 Å². The zero-order valence-electron chi connectivity index (χ0n) is 26.4. The largest absolute Gasteiger partial charge is 0.487 e. The fraction of sp³-hybridized carbons (Fsp3) is 0.108. The van der Waals surface area contributed by atoms with Crippen molar-refractivity contribution in [3.63, 3.8) is 0 Å². The lowest BCUT2D eigenvalue weighted by Crippen LogP contribution is -2.10. The van der Waals surface area contributed by atoms with Gasteiger partial charge in [0.15, 0.2) is 0 Å². The summed E-state index contributed by atoms with van der Waals surface area (Å²) in [5, 5.41) is 15.4. The van der Waals surface area contributed by atoms with E-state index in [4.69, 9.17) is 46.7 Å². The summed E-state index contributed by atoms with van der Waals surface area (Å²) in [6.45, 7) is 0.627. The minimum atomic E-state index is 0.0200. The number of hydrogen-bond donors (Lipinski definition) is 4. The fourth-order valence-corrected chi connectivity index (χ4v) is 5.66. The van der Waals surface area contributed by atoms with E-state index in [0.29, 0.717) is 24.3 Å². The first kappa shape index (κ1) is 30.2. The summed E-state index contributed by atoms with van der Waals surface area (Å²) >= 11 is 0. The van der Waals surface area contributed by atoms with E-state index in [9.17, 15) is 0 Å². The van der Waals surface area contributed by atoms with Gasteiger partial charge in [-0.3, -0.25) is 15.8 Å². The van der Waals surface area contributed by atoms with Crippen molar-refractivity contribution < 1.29 is 9.47 Å². The Bertz CT molecular complexity index is 2160. The van der Waals surface area contributed by atoms with Gasteiger partial charge in [-0.15, -0.1) is 0 Å². The zero-order valence-corrected chi connectivity index (χ0v) is 26.4. The predicted molar refractivity (Wildman–Crippen MR) is 187 cm³/mol. The van der Waals surface area contributed by atoms with Gasteiger partial charge in [0.05, 0.1) is 33.5 Å². The summed E-state index contributed by atoms with van der Waals surface area (Å²) in [6, 6.07) is 32.6. The highest BCUT2D eigenvalue weighted by Gasteiger charge is 2.13. The number of imidazole rings is 2. The van der Waals surface area contributed by atoms with Crippen LogP contribution in [0.15, 0.2) is 103 Å². The van der Waals surface area contributed by atoms with E-state index in [1.54, 1.807) is 0 Å². The molecule has 0 saturated carbocycles. The lowest BCUT2D eigenvalue weighted by atomic mass is 10.2. The Morgan fingerprint density at radius 1 is 0.583 bits per heavy atom. The molecule has 3 heterocycles. The number of benzene rings is 4. The predicted octanol–water partition coefficient (Wildman–Crippen LogP) is 5.92. The van der Waals surface area contributed by atoms with Crippen LogP contribution < -0.4 is 20.9 Å². The molecule has 11 heteroatoms. The molecule has 238 valence electrons. The number of aromatic nitrogens is 5. The van der Waals surface area contributed by atoms with Crippen LogP contribution in [0.25, 0.3) is 44.8 Å². The molecule has 0 radical (unpaired) electrons. The maximum Gasteiger partial charge on any atom is 0.140 e. The van der Waals surface area contributed by atoms with Crippen molar-refractivity contribution in [1.82, 2.24) is 24.1 Å². The van der Waals surface area contributed by atoms with Crippen LogP contribution in [0.5, 0.6) is 11.5 Å². The van der Waals surface area contributed by atoms with Gasteiger partial charge in [0.25, 0.3) is 0 Å². The summed E-state index contributed by atoms with van der Waals surface area (Å²) in [7, 11) is 3.94. The number of hydrogen-bond acceptors (Lipinski definition) is 7. The minimum absolute atomic E-state index is 0.0200. The molecule has 6 N–H and O–H groups in total. The average molecular weight is 636 g/mol. The van der Waals surface area contributed by atoms with Gasteiger partial charge in [0, 0.05) is 36.3 Å². The molecule has 0 aliphatic heterocycles. The van der Waals surface area contributed by atoms with Gasteiger partial charge in [0.1, 0.15) is 48.0 Å². The third-order valence-corrected chi connectivity index (χ3v) is 8.25. The molecule has 0 atom stereocenters. The van der Waals surface area contributed by atoms with Gasteiger partial charge in [-0.2, -0.15) is 0 Å². The molecule has 3 aromatic heterocycles. The van der Waals surface area contributed by atoms with Crippen LogP contribution in [0.1, 0.15) is 22.5 Å². The van der Waals surface area contributed by atoms with Gasteiger partial charge in [0.2, 0.25) is 0 Å². The van der Waals surface area contributed by atoms with Crippen LogP contribution in [0.2, 0.25) is 0 Å². The molecule has 0 aliphatic rings. The second kappa shape index (κ2) is 12.4. The molecular weight excluding hydrogens is 602 g/mol. The van der Waals surface area contributed by atoms with E-state index in [1.807, 2.05) is 126 Å². The van der Waals surface area contributed by atoms with E-state index >= 15 is 0 Å². The summed E-state index contributed by atoms with van der Waals surface area (Å²) in [4.78, 5) is 14.3. The minimum Gasteiger partial charge on any atom is -0.487 e. The highest BCUT2D eigenvalue weighted by molar-refractivity contribution is 5.99. The van der Waals surface area contributed by atoms with E-state index in [2.05, 4.69) is 0 Å². The lowest BCUT2D eigenvalue weighted by Gasteiger charge is -2.10. The van der Waals surface area contributed by atoms with Gasteiger partial charge < -0.3 is 30.1 Å². The summed E-state index contributed by atoms with van der Waals surface area (Å²) < 4.78 is 16.1. The van der Waals surface area contributed by atoms with Crippen LogP contribution in [-0.2, 0) is 27.3 Å². The summed E-state index contributed by atoms with van der Waals surface area (Å²) in [5.41, 5.74) is 19.6. The van der Waals surface area contributed by atoms with E-state index in [0.717, 1.165) is 67.7 Å². The first-order valence-corrected chi connectivity index (χ1v) is 15.3. The van der Waals surface area contributed by atoms with Crippen molar-refractivity contribution in [2.45, 2.75) is 13.2 Å². The maximum atomic E-state index is 7.70. The lowest BCUT2D eigenvalue weighted by molar-refractivity contribution is 0.290. The number of nitrogens with two attached hydrogens (primary N) is 2. The smallest absolute Gasteiger partial charge is 0.140 e. The molecule has 0 fully saturated rings. The first-order valence-electron chi connectivity index (χ1n) is 15.3.